The lowest BCUT2D eigenvalue weighted by Crippen LogP contribution is -2.25. The van der Waals surface area contributed by atoms with E-state index in [9.17, 15) is 13.2 Å². The van der Waals surface area contributed by atoms with Crippen LogP contribution in [-0.2, 0) is 0 Å². The number of nitrogens with two attached hydrogens (primary N) is 1. The summed E-state index contributed by atoms with van der Waals surface area (Å²) in [7, 11) is 0. The second-order valence-electron chi connectivity index (χ2n) is 3.12. The van der Waals surface area contributed by atoms with Gasteiger partial charge in [-0.2, -0.15) is 23.5 Å². The number of rotatable bonds is 1. The van der Waals surface area contributed by atoms with Gasteiger partial charge in [-0.1, -0.05) is 0 Å². The maximum Gasteiger partial charge on any atom is 0.410 e. The van der Waals surface area contributed by atoms with Crippen molar-refractivity contribution in [2.45, 2.75) is 26.1 Å². The zero-order valence-corrected chi connectivity index (χ0v) is 8.13. The van der Waals surface area contributed by atoms with Gasteiger partial charge in [-0.15, -0.1) is 0 Å². The van der Waals surface area contributed by atoms with Gasteiger partial charge in [0.2, 0.25) is 0 Å². The van der Waals surface area contributed by atoms with Crippen LogP contribution in [0.4, 0.5) is 19.0 Å². The molecule has 1 rings (SSSR count). The lowest BCUT2D eigenvalue weighted by molar-refractivity contribution is -0.165. The van der Waals surface area contributed by atoms with Crippen LogP contribution in [0.15, 0.2) is 0 Å². The standard InChI is InChI=1S/C8H9F3N4/c1-4-6(3-12)7(13)14-15(4)5(2)8(9,10)11/h5H,1-2H3,(H2,13,14). The number of aromatic nitrogens is 2. The van der Waals surface area contributed by atoms with Gasteiger partial charge < -0.3 is 5.73 Å². The lowest BCUT2D eigenvalue weighted by Gasteiger charge is -2.17. The number of hydrogen-bond donors (Lipinski definition) is 1. The Morgan fingerprint density at radius 1 is 1.53 bits per heavy atom. The third kappa shape index (κ3) is 1.88. The van der Waals surface area contributed by atoms with Gasteiger partial charge in [0, 0.05) is 0 Å². The smallest absolute Gasteiger partial charge is 0.381 e. The number of nitriles is 1. The van der Waals surface area contributed by atoms with E-state index in [4.69, 9.17) is 11.0 Å². The molecule has 82 valence electrons. The molecule has 0 saturated carbocycles. The number of nitrogens with zero attached hydrogens (tertiary/aromatic N) is 3. The van der Waals surface area contributed by atoms with Crippen LogP contribution in [0.5, 0.6) is 0 Å². The second-order valence-corrected chi connectivity index (χ2v) is 3.12. The molecule has 1 aromatic rings. The number of anilines is 1. The molecule has 7 heteroatoms. The number of alkyl halides is 3. The minimum Gasteiger partial charge on any atom is -0.381 e. The van der Waals surface area contributed by atoms with E-state index in [1.54, 1.807) is 6.07 Å². The first-order chi connectivity index (χ1) is 6.79. The molecule has 15 heavy (non-hydrogen) atoms. The highest BCUT2D eigenvalue weighted by Crippen LogP contribution is 2.31. The molecule has 1 aromatic heterocycles. The Hall–Kier alpha value is -1.71. The zero-order chi connectivity index (χ0) is 11.8. The molecule has 0 bridgehead atoms. The molecule has 0 radical (unpaired) electrons. The molecular weight excluding hydrogens is 209 g/mol. The van der Waals surface area contributed by atoms with E-state index in [1.165, 1.54) is 6.92 Å². The summed E-state index contributed by atoms with van der Waals surface area (Å²) < 4.78 is 37.8. The Kier molecular flexibility index (Phi) is 2.62. The highest BCUT2D eigenvalue weighted by Gasteiger charge is 2.39. The van der Waals surface area contributed by atoms with Crippen LogP contribution in [0.3, 0.4) is 0 Å². The largest absolute Gasteiger partial charge is 0.410 e. The number of hydrogen-bond acceptors (Lipinski definition) is 3. The predicted octanol–water partition coefficient (Wildman–Crippen LogP) is 1.77. The first kappa shape index (κ1) is 11.4. The van der Waals surface area contributed by atoms with E-state index in [2.05, 4.69) is 5.10 Å². The SMILES string of the molecule is Cc1c(C#N)c(N)nn1C(C)C(F)(F)F. The highest BCUT2D eigenvalue weighted by atomic mass is 19.4. The summed E-state index contributed by atoms with van der Waals surface area (Å²) in [6.07, 6.45) is -4.41. The van der Waals surface area contributed by atoms with Gasteiger partial charge in [-0.3, -0.25) is 4.68 Å². The minimum atomic E-state index is -4.41. The summed E-state index contributed by atoms with van der Waals surface area (Å²) in [4.78, 5) is 0. The topological polar surface area (TPSA) is 67.6 Å². The maximum atomic E-state index is 12.4. The van der Waals surface area contributed by atoms with Gasteiger partial charge in [0.1, 0.15) is 17.7 Å². The van der Waals surface area contributed by atoms with Crippen molar-refractivity contribution < 1.29 is 13.2 Å². The van der Waals surface area contributed by atoms with Gasteiger partial charge in [0.05, 0.1) is 5.69 Å². The summed E-state index contributed by atoms with van der Waals surface area (Å²) >= 11 is 0. The summed E-state index contributed by atoms with van der Waals surface area (Å²) in [6.45, 7) is 2.34. The fourth-order valence-corrected chi connectivity index (χ4v) is 1.19. The molecule has 0 spiro atoms. The van der Waals surface area contributed by atoms with Crippen LogP contribution in [-0.4, -0.2) is 16.0 Å². The Morgan fingerprint density at radius 3 is 2.40 bits per heavy atom. The molecule has 1 atom stereocenters. The van der Waals surface area contributed by atoms with Crippen LogP contribution in [0.1, 0.15) is 24.2 Å². The average molecular weight is 218 g/mol. The quantitative estimate of drug-likeness (QED) is 0.781. The first-order valence-corrected chi connectivity index (χ1v) is 4.10. The molecule has 0 amide bonds. The predicted molar refractivity (Wildman–Crippen MR) is 46.9 cm³/mol. The van der Waals surface area contributed by atoms with Gasteiger partial charge >= 0.3 is 6.18 Å². The zero-order valence-electron chi connectivity index (χ0n) is 8.13. The van der Waals surface area contributed by atoms with Crippen molar-refractivity contribution >= 4 is 5.82 Å². The van der Waals surface area contributed by atoms with Crippen molar-refractivity contribution in [3.63, 3.8) is 0 Å². The first-order valence-electron chi connectivity index (χ1n) is 4.10. The summed E-state index contributed by atoms with van der Waals surface area (Å²) in [5.41, 5.74) is 5.43. The molecule has 0 aliphatic carbocycles. The fraction of sp³-hybridized carbons (Fsp3) is 0.500. The lowest BCUT2D eigenvalue weighted by atomic mass is 10.2. The monoisotopic (exact) mass is 218 g/mol. The van der Waals surface area contributed by atoms with Gasteiger partial charge in [0.25, 0.3) is 0 Å². The van der Waals surface area contributed by atoms with Crippen LogP contribution in [0, 0.1) is 18.3 Å². The maximum absolute atomic E-state index is 12.4. The minimum absolute atomic E-state index is 0.00824. The molecule has 0 aliphatic rings. The summed E-state index contributed by atoms with van der Waals surface area (Å²) in [6, 6.07) is -0.0753. The van der Waals surface area contributed by atoms with Crippen molar-refractivity contribution in [2.75, 3.05) is 5.73 Å². The van der Waals surface area contributed by atoms with E-state index < -0.39 is 12.2 Å². The number of halogens is 3. The van der Waals surface area contributed by atoms with Crippen molar-refractivity contribution in [3.05, 3.63) is 11.3 Å². The molecule has 1 heterocycles. The van der Waals surface area contributed by atoms with Crippen molar-refractivity contribution in [1.82, 2.24) is 9.78 Å². The molecule has 2 N–H and O–H groups in total. The van der Waals surface area contributed by atoms with Crippen molar-refractivity contribution in [1.29, 1.82) is 5.26 Å². The molecule has 0 fully saturated rings. The van der Waals surface area contributed by atoms with Gasteiger partial charge in [-0.25, -0.2) is 0 Å². The normalized spacial score (nSPS) is 13.6. The van der Waals surface area contributed by atoms with Crippen molar-refractivity contribution in [2.24, 2.45) is 0 Å². The second kappa shape index (κ2) is 3.46. The van der Waals surface area contributed by atoms with Crippen LogP contribution >= 0.6 is 0 Å². The molecular formula is C8H9F3N4. The van der Waals surface area contributed by atoms with Gasteiger partial charge in [0.15, 0.2) is 5.82 Å². The summed E-state index contributed by atoms with van der Waals surface area (Å²) in [5.74, 6) is -0.175. The third-order valence-corrected chi connectivity index (χ3v) is 2.13. The van der Waals surface area contributed by atoms with Crippen molar-refractivity contribution in [3.8, 4) is 6.07 Å². The van der Waals surface area contributed by atoms with E-state index >= 15 is 0 Å². The fourth-order valence-electron chi connectivity index (χ4n) is 1.19. The molecule has 1 unspecified atom stereocenters. The van der Waals surface area contributed by atoms with Crippen LogP contribution < -0.4 is 5.73 Å². The Morgan fingerprint density at radius 2 is 2.07 bits per heavy atom. The Bertz CT molecular complexity index is 413. The highest BCUT2D eigenvalue weighted by molar-refractivity contribution is 5.51. The van der Waals surface area contributed by atoms with E-state index in [0.717, 1.165) is 6.92 Å². The molecule has 0 saturated heterocycles. The van der Waals surface area contributed by atoms with Crippen LogP contribution in [0.2, 0.25) is 0 Å². The van der Waals surface area contributed by atoms with E-state index in [-0.39, 0.29) is 17.1 Å². The number of nitrogen functional groups attached to an aromatic ring is 1. The Labute approximate surface area is 84.1 Å². The summed E-state index contributed by atoms with van der Waals surface area (Å²) in [5, 5.41) is 12.1. The average Bonchev–Trinajstić information content (AvgIpc) is 2.39. The van der Waals surface area contributed by atoms with E-state index in [1.807, 2.05) is 0 Å². The van der Waals surface area contributed by atoms with Crippen LogP contribution in [0.25, 0.3) is 0 Å². The third-order valence-electron chi connectivity index (χ3n) is 2.13. The van der Waals surface area contributed by atoms with Gasteiger partial charge in [-0.05, 0) is 13.8 Å². The molecule has 0 aromatic carbocycles. The Balaban J connectivity index is 3.24. The molecule has 4 nitrogen and oxygen atoms in total. The molecule has 0 aliphatic heterocycles. The van der Waals surface area contributed by atoms with E-state index in [0.29, 0.717) is 4.68 Å².